The van der Waals surface area contributed by atoms with Crippen LogP contribution in [-0.2, 0) is 9.22 Å². The molecule has 21 heavy (non-hydrogen) atoms. The van der Waals surface area contributed by atoms with Crippen molar-refractivity contribution in [3.05, 3.63) is 35.9 Å². The van der Waals surface area contributed by atoms with Gasteiger partial charge in [0, 0.05) is 0 Å². The van der Waals surface area contributed by atoms with Crippen LogP contribution >= 0.6 is 0 Å². The Labute approximate surface area is 129 Å². The van der Waals surface area contributed by atoms with Gasteiger partial charge in [-0.3, -0.25) is 4.79 Å². The average molecular weight is 305 g/mol. The van der Waals surface area contributed by atoms with Crippen molar-refractivity contribution in [1.82, 2.24) is 5.32 Å². The quantitative estimate of drug-likeness (QED) is 0.677. The number of carbonyl (C=O) groups is 1. The Morgan fingerprint density at radius 3 is 2.24 bits per heavy atom. The van der Waals surface area contributed by atoms with Crippen molar-refractivity contribution < 1.29 is 9.22 Å². The fourth-order valence-electron chi connectivity index (χ4n) is 2.54. The molecule has 3 atom stereocenters. The summed E-state index contributed by atoms with van der Waals surface area (Å²) in [5.41, 5.74) is 1.16. The fraction of sp³-hybridized carbons (Fsp3) is 0.588. The molecule has 0 radical (unpaired) electrons. The minimum absolute atomic E-state index is 0.0511. The molecule has 4 heteroatoms. The Bertz CT molecular complexity index is 507. The Morgan fingerprint density at radius 1 is 1.19 bits per heavy atom. The number of rotatable bonds is 4. The zero-order valence-electron chi connectivity index (χ0n) is 13.9. The average Bonchev–Trinajstić information content (AvgIpc) is 2.34. The summed E-state index contributed by atoms with van der Waals surface area (Å²) in [5.74, 6) is 0.0246. The van der Waals surface area contributed by atoms with E-state index in [1.165, 1.54) is 0 Å². The SMILES string of the molecule is C[C@@H](O[Si](C)(C)C(C)(C)C)[C@H]1C(=O)N[C@@H]1c1ccccc1. The molecule has 0 spiro atoms. The van der Waals surface area contributed by atoms with Crippen molar-refractivity contribution in [2.75, 3.05) is 0 Å². The van der Waals surface area contributed by atoms with Gasteiger partial charge in [-0.05, 0) is 30.6 Å². The van der Waals surface area contributed by atoms with Gasteiger partial charge in [-0.1, -0.05) is 51.1 Å². The van der Waals surface area contributed by atoms with Crippen LogP contribution in [0.1, 0.15) is 39.3 Å². The normalized spacial score (nSPS) is 24.2. The van der Waals surface area contributed by atoms with E-state index in [0.29, 0.717) is 0 Å². The highest BCUT2D eigenvalue weighted by Gasteiger charge is 2.47. The number of amides is 1. The lowest BCUT2D eigenvalue weighted by Crippen LogP contribution is -2.58. The van der Waals surface area contributed by atoms with Gasteiger partial charge in [-0.2, -0.15) is 0 Å². The van der Waals surface area contributed by atoms with Gasteiger partial charge in [-0.15, -0.1) is 0 Å². The molecule has 1 fully saturated rings. The third-order valence-electron chi connectivity index (χ3n) is 4.91. The minimum atomic E-state index is -1.85. The highest BCUT2D eigenvalue weighted by atomic mass is 28.4. The van der Waals surface area contributed by atoms with Crippen molar-refractivity contribution in [2.45, 2.75) is 58.0 Å². The summed E-state index contributed by atoms with van der Waals surface area (Å²) in [6.45, 7) is 13.2. The van der Waals surface area contributed by atoms with E-state index in [0.717, 1.165) is 5.56 Å². The van der Waals surface area contributed by atoms with E-state index in [-0.39, 0.29) is 29.0 Å². The third-order valence-corrected chi connectivity index (χ3v) is 9.48. The first kappa shape index (κ1) is 16.2. The summed E-state index contributed by atoms with van der Waals surface area (Å²) in [6.07, 6.45) is -0.0511. The molecule has 1 aromatic carbocycles. The van der Waals surface area contributed by atoms with Gasteiger partial charge < -0.3 is 9.74 Å². The summed E-state index contributed by atoms with van der Waals surface area (Å²) < 4.78 is 6.41. The topological polar surface area (TPSA) is 38.3 Å². The lowest BCUT2D eigenvalue weighted by molar-refractivity contribution is -0.140. The first-order valence-electron chi connectivity index (χ1n) is 7.66. The largest absolute Gasteiger partial charge is 0.413 e. The first-order chi connectivity index (χ1) is 9.63. The summed E-state index contributed by atoms with van der Waals surface area (Å²) in [6, 6.07) is 10.2. The molecule has 3 nitrogen and oxygen atoms in total. The zero-order chi connectivity index (χ0) is 15.8. The Hall–Kier alpha value is -1.13. The van der Waals surface area contributed by atoms with Crippen LogP contribution in [-0.4, -0.2) is 20.3 Å². The smallest absolute Gasteiger partial charge is 0.228 e. The molecular weight excluding hydrogens is 278 g/mol. The molecule has 1 amide bonds. The molecule has 0 saturated carbocycles. The maximum absolute atomic E-state index is 12.0. The second-order valence-corrected chi connectivity index (χ2v) is 12.3. The van der Waals surface area contributed by atoms with Gasteiger partial charge in [0.15, 0.2) is 8.32 Å². The van der Waals surface area contributed by atoms with Gasteiger partial charge in [-0.25, -0.2) is 0 Å². The highest BCUT2D eigenvalue weighted by molar-refractivity contribution is 6.74. The minimum Gasteiger partial charge on any atom is -0.413 e. The maximum Gasteiger partial charge on any atom is 0.228 e. The monoisotopic (exact) mass is 305 g/mol. The van der Waals surface area contributed by atoms with Crippen LogP contribution in [0.25, 0.3) is 0 Å². The number of benzene rings is 1. The van der Waals surface area contributed by atoms with Gasteiger partial charge in [0.05, 0.1) is 18.1 Å². The molecule has 0 aliphatic carbocycles. The van der Waals surface area contributed by atoms with Gasteiger partial charge >= 0.3 is 0 Å². The lowest BCUT2D eigenvalue weighted by atomic mass is 9.82. The Kier molecular flexibility index (Phi) is 4.31. The van der Waals surface area contributed by atoms with Crippen LogP contribution in [0, 0.1) is 5.92 Å². The number of hydrogen-bond donors (Lipinski definition) is 1. The molecule has 1 aromatic rings. The number of nitrogens with one attached hydrogen (secondary N) is 1. The van der Waals surface area contributed by atoms with Crippen molar-refractivity contribution in [2.24, 2.45) is 5.92 Å². The molecule has 1 N–H and O–H groups in total. The predicted octanol–water partition coefficient (Wildman–Crippen LogP) is 3.88. The van der Waals surface area contributed by atoms with Crippen LogP contribution in [0.3, 0.4) is 0 Å². The number of β-lactam (4-membered cyclic amide) rings is 1. The molecular formula is C17H27NO2Si. The van der Waals surface area contributed by atoms with Crippen LogP contribution in [0.4, 0.5) is 0 Å². The standard InChI is InChI=1S/C17H27NO2Si/c1-12(20-21(5,6)17(2,3)4)14-15(18-16(14)19)13-10-8-7-9-11-13/h7-12,14-15H,1-6H3,(H,18,19)/t12-,14-,15-/m1/s1. The van der Waals surface area contributed by atoms with Crippen molar-refractivity contribution in [3.63, 3.8) is 0 Å². The number of hydrogen-bond acceptors (Lipinski definition) is 2. The molecule has 1 aliphatic rings. The van der Waals surface area contributed by atoms with Crippen LogP contribution in [0.15, 0.2) is 30.3 Å². The Balaban J connectivity index is 2.11. The van der Waals surface area contributed by atoms with E-state index >= 15 is 0 Å². The summed E-state index contributed by atoms with van der Waals surface area (Å²) in [5, 5.41) is 3.17. The highest BCUT2D eigenvalue weighted by Crippen LogP contribution is 2.41. The Morgan fingerprint density at radius 2 is 1.76 bits per heavy atom. The molecule has 0 aromatic heterocycles. The van der Waals surface area contributed by atoms with E-state index in [1.807, 2.05) is 25.1 Å². The van der Waals surface area contributed by atoms with Crippen LogP contribution in [0.2, 0.25) is 18.1 Å². The van der Waals surface area contributed by atoms with Gasteiger partial charge in [0.25, 0.3) is 0 Å². The molecule has 0 unspecified atom stereocenters. The molecule has 116 valence electrons. The summed E-state index contributed by atoms with van der Waals surface area (Å²) in [4.78, 5) is 12.0. The summed E-state index contributed by atoms with van der Waals surface area (Å²) in [7, 11) is -1.85. The lowest BCUT2D eigenvalue weighted by Gasteiger charge is -2.45. The van der Waals surface area contributed by atoms with E-state index < -0.39 is 8.32 Å². The summed E-state index contributed by atoms with van der Waals surface area (Å²) >= 11 is 0. The molecule has 1 heterocycles. The molecule has 1 aliphatic heterocycles. The van der Waals surface area contributed by atoms with Crippen LogP contribution in [0.5, 0.6) is 0 Å². The second-order valence-electron chi connectivity index (χ2n) is 7.51. The second kappa shape index (κ2) is 5.58. The van der Waals surface area contributed by atoms with Crippen molar-refractivity contribution in [1.29, 1.82) is 0 Å². The van der Waals surface area contributed by atoms with Crippen molar-refractivity contribution >= 4 is 14.2 Å². The molecule has 0 bridgehead atoms. The predicted molar refractivity (Wildman–Crippen MR) is 88.6 cm³/mol. The molecule has 2 rings (SSSR count). The zero-order valence-corrected chi connectivity index (χ0v) is 14.9. The van der Waals surface area contributed by atoms with E-state index in [1.54, 1.807) is 0 Å². The third kappa shape index (κ3) is 3.21. The van der Waals surface area contributed by atoms with E-state index in [2.05, 4.69) is 51.3 Å². The molecule has 1 saturated heterocycles. The first-order valence-corrected chi connectivity index (χ1v) is 10.6. The van der Waals surface area contributed by atoms with Gasteiger partial charge in [0.1, 0.15) is 0 Å². The van der Waals surface area contributed by atoms with Crippen molar-refractivity contribution in [3.8, 4) is 0 Å². The van der Waals surface area contributed by atoms with Crippen LogP contribution < -0.4 is 5.32 Å². The number of carbonyl (C=O) groups excluding carboxylic acids is 1. The van der Waals surface area contributed by atoms with E-state index in [4.69, 9.17) is 4.43 Å². The van der Waals surface area contributed by atoms with E-state index in [9.17, 15) is 4.79 Å². The maximum atomic E-state index is 12.0. The van der Waals surface area contributed by atoms with Gasteiger partial charge in [0.2, 0.25) is 5.91 Å². The fourth-order valence-corrected chi connectivity index (χ4v) is 3.97.